The van der Waals surface area contributed by atoms with Gasteiger partial charge in [-0.3, -0.25) is 13.8 Å². The van der Waals surface area contributed by atoms with Crippen molar-refractivity contribution in [3.05, 3.63) is 69.0 Å². The Bertz CT molecular complexity index is 890. The molecule has 23 heavy (non-hydrogen) atoms. The average Bonchev–Trinajstić information content (AvgIpc) is 2.97. The van der Waals surface area contributed by atoms with Gasteiger partial charge in [-0.15, -0.1) is 0 Å². The van der Waals surface area contributed by atoms with Gasteiger partial charge in [-0.25, -0.2) is 9.18 Å². The molecule has 1 aromatic carbocycles. The molecule has 0 saturated carbocycles. The van der Waals surface area contributed by atoms with Gasteiger partial charge in [0.25, 0.3) is 0 Å². The van der Waals surface area contributed by atoms with Crippen molar-refractivity contribution in [2.45, 2.75) is 26.8 Å². The van der Waals surface area contributed by atoms with E-state index in [1.165, 1.54) is 16.7 Å². The Balaban J connectivity index is 1.92. The Labute approximate surface area is 132 Å². The highest BCUT2D eigenvalue weighted by Gasteiger charge is 2.16. The molecule has 0 aliphatic carbocycles. The zero-order valence-corrected chi connectivity index (χ0v) is 13.2. The summed E-state index contributed by atoms with van der Waals surface area (Å²) in [6, 6.07) is 6.00. The molecule has 120 valence electrons. The standard InChI is InChI=1S/C16H17FN4O2/c1-10-14(11(2)20(3)18-10)8-15-19-23-16(22)21(15)9-12-4-6-13(17)7-5-12/h4-7H,8-9H2,1-3H3. The Morgan fingerprint density at radius 2 is 1.91 bits per heavy atom. The van der Waals surface area contributed by atoms with Crippen LogP contribution in [0, 0.1) is 19.7 Å². The highest BCUT2D eigenvalue weighted by Crippen LogP contribution is 2.16. The number of hydrogen-bond acceptors (Lipinski definition) is 4. The van der Waals surface area contributed by atoms with Gasteiger partial charge in [-0.05, 0) is 31.5 Å². The fraction of sp³-hybridized carbons (Fsp3) is 0.312. The number of aromatic nitrogens is 4. The monoisotopic (exact) mass is 316 g/mol. The largest absolute Gasteiger partial charge is 0.441 e. The fourth-order valence-electron chi connectivity index (χ4n) is 2.58. The predicted octanol–water partition coefficient (Wildman–Crippen LogP) is 1.96. The van der Waals surface area contributed by atoms with Gasteiger partial charge in [-0.2, -0.15) is 5.10 Å². The Kier molecular flexibility index (Phi) is 3.85. The van der Waals surface area contributed by atoms with Gasteiger partial charge in [0, 0.05) is 24.7 Å². The summed E-state index contributed by atoms with van der Waals surface area (Å²) in [7, 11) is 1.88. The molecule has 0 aliphatic rings. The van der Waals surface area contributed by atoms with Gasteiger partial charge in [0.2, 0.25) is 0 Å². The molecule has 0 bridgehead atoms. The normalized spacial score (nSPS) is 11.1. The summed E-state index contributed by atoms with van der Waals surface area (Å²) < 4.78 is 21.1. The molecule has 0 radical (unpaired) electrons. The van der Waals surface area contributed by atoms with Crippen molar-refractivity contribution in [1.29, 1.82) is 0 Å². The number of rotatable bonds is 4. The van der Waals surface area contributed by atoms with E-state index >= 15 is 0 Å². The fourth-order valence-corrected chi connectivity index (χ4v) is 2.58. The van der Waals surface area contributed by atoms with Crippen LogP contribution in [0.25, 0.3) is 0 Å². The highest BCUT2D eigenvalue weighted by molar-refractivity contribution is 5.27. The van der Waals surface area contributed by atoms with Crippen LogP contribution in [0.15, 0.2) is 33.6 Å². The van der Waals surface area contributed by atoms with Crippen LogP contribution in [0.3, 0.4) is 0 Å². The molecule has 3 aromatic rings. The molecule has 0 aliphatic heterocycles. The van der Waals surface area contributed by atoms with Gasteiger partial charge in [0.15, 0.2) is 5.82 Å². The van der Waals surface area contributed by atoms with Crippen LogP contribution in [0.1, 0.15) is 28.3 Å². The molecule has 7 heteroatoms. The van der Waals surface area contributed by atoms with Gasteiger partial charge in [-0.1, -0.05) is 17.3 Å². The minimum Gasteiger partial charge on any atom is -0.296 e. The number of benzene rings is 1. The summed E-state index contributed by atoms with van der Waals surface area (Å²) in [5.41, 5.74) is 3.74. The summed E-state index contributed by atoms with van der Waals surface area (Å²) in [5.74, 6) is -0.310. The lowest BCUT2D eigenvalue weighted by Gasteiger charge is -2.05. The molecule has 0 unspecified atom stereocenters. The average molecular weight is 316 g/mol. The van der Waals surface area contributed by atoms with E-state index in [1.54, 1.807) is 16.8 Å². The molecule has 0 spiro atoms. The molecule has 0 atom stereocenters. The van der Waals surface area contributed by atoms with E-state index in [1.807, 2.05) is 20.9 Å². The minimum atomic E-state index is -0.525. The van der Waals surface area contributed by atoms with Crippen molar-refractivity contribution >= 4 is 0 Å². The molecule has 0 N–H and O–H groups in total. The summed E-state index contributed by atoms with van der Waals surface area (Å²) in [4.78, 5) is 11.9. The van der Waals surface area contributed by atoms with E-state index in [4.69, 9.17) is 4.52 Å². The third-order valence-corrected chi connectivity index (χ3v) is 4.01. The lowest BCUT2D eigenvalue weighted by atomic mass is 10.1. The van der Waals surface area contributed by atoms with Crippen LogP contribution < -0.4 is 5.76 Å². The van der Waals surface area contributed by atoms with Crippen molar-refractivity contribution < 1.29 is 8.91 Å². The summed E-state index contributed by atoms with van der Waals surface area (Å²) in [6.45, 7) is 4.18. The van der Waals surface area contributed by atoms with Gasteiger partial charge in [0.1, 0.15) is 5.82 Å². The molecule has 0 amide bonds. The van der Waals surface area contributed by atoms with Gasteiger partial charge in [0.05, 0.1) is 12.2 Å². The van der Waals surface area contributed by atoms with Crippen LogP contribution >= 0.6 is 0 Å². The summed E-state index contributed by atoms with van der Waals surface area (Å²) >= 11 is 0. The molecule has 0 saturated heterocycles. The molecule has 2 heterocycles. The van der Waals surface area contributed by atoms with Crippen molar-refractivity contribution in [3.63, 3.8) is 0 Å². The zero-order valence-electron chi connectivity index (χ0n) is 13.2. The second-order valence-corrected chi connectivity index (χ2v) is 5.53. The first-order valence-corrected chi connectivity index (χ1v) is 7.24. The van der Waals surface area contributed by atoms with Crippen LogP contribution in [0.2, 0.25) is 0 Å². The van der Waals surface area contributed by atoms with Crippen LogP contribution in [0.4, 0.5) is 4.39 Å². The van der Waals surface area contributed by atoms with Crippen LogP contribution in [0.5, 0.6) is 0 Å². The van der Waals surface area contributed by atoms with Crippen LogP contribution in [-0.2, 0) is 20.0 Å². The number of aryl methyl sites for hydroxylation is 2. The van der Waals surface area contributed by atoms with E-state index in [0.29, 0.717) is 12.2 Å². The maximum atomic E-state index is 13.0. The second-order valence-electron chi connectivity index (χ2n) is 5.53. The van der Waals surface area contributed by atoms with E-state index in [2.05, 4.69) is 10.3 Å². The maximum Gasteiger partial charge on any atom is 0.441 e. The number of hydrogen-bond donors (Lipinski definition) is 0. The summed E-state index contributed by atoms with van der Waals surface area (Å²) in [5, 5.41) is 8.25. The Hall–Kier alpha value is -2.70. The lowest BCUT2D eigenvalue weighted by molar-refractivity contribution is 0.375. The molecule has 0 fully saturated rings. The Morgan fingerprint density at radius 3 is 2.52 bits per heavy atom. The molecule has 6 nitrogen and oxygen atoms in total. The van der Waals surface area contributed by atoms with E-state index in [9.17, 15) is 9.18 Å². The smallest absolute Gasteiger partial charge is 0.296 e. The predicted molar refractivity (Wildman–Crippen MR) is 81.8 cm³/mol. The third-order valence-electron chi connectivity index (χ3n) is 4.01. The van der Waals surface area contributed by atoms with Gasteiger partial charge < -0.3 is 0 Å². The minimum absolute atomic E-state index is 0.288. The molecule has 2 aromatic heterocycles. The lowest BCUT2D eigenvalue weighted by Crippen LogP contribution is -2.18. The van der Waals surface area contributed by atoms with Crippen molar-refractivity contribution in [3.8, 4) is 0 Å². The molecular weight excluding hydrogens is 299 g/mol. The first-order chi connectivity index (χ1) is 11.0. The third kappa shape index (κ3) is 2.94. The van der Waals surface area contributed by atoms with E-state index in [-0.39, 0.29) is 12.4 Å². The number of halogens is 1. The quantitative estimate of drug-likeness (QED) is 0.738. The first-order valence-electron chi connectivity index (χ1n) is 7.24. The SMILES string of the molecule is Cc1nn(C)c(C)c1Cc1noc(=O)n1Cc1ccc(F)cc1. The first kappa shape index (κ1) is 15.2. The maximum absolute atomic E-state index is 13.0. The second kappa shape index (κ2) is 5.83. The van der Waals surface area contributed by atoms with Crippen molar-refractivity contribution in [2.24, 2.45) is 7.05 Å². The van der Waals surface area contributed by atoms with Crippen molar-refractivity contribution in [2.75, 3.05) is 0 Å². The molecule has 3 rings (SSSR count). The Morgan fingerprint density at radius 1 is 1.22 bits per heavy atom. The van der Waals surface area contributed by atoms with E-state index < -0.39 is 5.76 Å². The molecular formula is C16H17FN4O2. The highest BCUT2D eigenvalue weighted by atomic mass is 19.1. The van der Waals surface area contributed by atoms with Gasteiger partial charge >= 0.3 is 5.76 Å². The number of nitrogens with zero attached hydrogens (tertiary/aromatic N) is 4. The van der Waals surface area contributed by atoms with E-state index in [0.717, 1.165) is 22.5 Å². The van der Waals surface area contributed by atoms with Crippen LogP contribution in [-0.4, -0.2) is 19.5 Å². The topological polar surface area (TPSA) is 65.8 Å². The summed E-state index contributed by atoms with van der Waals surface area (Å²) in [6.07, 6.45) is 0.457. The van der Waals surface area contributed by atoms with Crippen molar-refractivity contribution in [1.82, 2.24) is 19.5 Å². The zero-order chi connectivity index (χ0) is 16.6.